The van der Waals surface area contributed by atoms with Crippen molar-refractivity contribution in [3.8, 4) is 0 Å². The molecular formula is C18H24N4. The van der Waals surface area contributed by atoms with Gasteiger partial charge in [0.15, 0.2) is 0 Å². The van der Waals surface area contributed by atoms with Gasteiger partial charge in [-0.3, -0.25) is 0 Å². The van der Waals surface area contributed by atoms with Crippen LogP contribution < -0.4 is 10.2 Å². The van der Waals surface area contributed by atoms with E-state index in [0.717, 1.165) is 49.9 Å². The summed E-state index contributed by atoms with van der Waals surface area (Å²) >= 11 is 0. The summed E-state index contributed by atoms with van der Waals surface area (Å²) in [6.07, 6.45) is 3.43. The summed E-state index contributed by atoms with van der Waals surface area (Å²) in [5.41, 5.74) is 2.87. The summed E-state index contributed by atoms with van der Waals surface area (Å²) in [6.45, 7) is 7.08. The third kappa shape index (κ3) is 3.38. The van der Waals surface area contributed by atoms with Crippen LogP contribution in [0.1, 0.15) is 36.7 Å². The van der Waals surface area contributed by atoms with Crippen molar-refractivity contribution in [2.75, 3.05) is 23.3 Å². The van der Waals surface area contributed by atoms with Gasteiger partial charge >= 0.3 is 0 Å². The molecule has 22 heavy (non-hydrogen) atoms. The third-order valence-electron chi connectivity index (χ3n) is 4.12. The highest BCUT2D eigenvalue weighted by molar-refractivity contribution is 5.51. The van der Waals surface area contributed by atoms with Crippen LogP contribution in [0.25, 0.3) is 0 Å². The van der Waals surface area contributed by atoms with E-state index in [1.165, 1.54) is 17.5 Å². The van der Waals surface area contributed by atoms with Crippen molar-refractivity contribution in [3.05, 3.63) is 47.3 Å². The molecule has 0 aliphatic carbocycles. The van der Waals surface area contributed by atoms with Gasteiger partial charge in [0.1, 0.15) is 17.5 Å². The highest BCUT2D eigenvalue weighted by Crippen LogP contribution is 2.24. The summed E-state index contributed by atoms with van der Waals surface area (Å²) in [4.78, 5) is 11.5. The van der Waals surface area contributed by atoms with E-state index in [0.29, 0.717) is 0 Å². The van der Waals surface area contributed by atoms with Crippen LogP contribution in [0.3, 0.4) is 0 Å². The number of rotatable bonds is 5. The van der Waals surface area contributed by atoms with Crippen LogP contribution >= 0.6 is 0 Å². The SMILES string of the molecule is CCCCNc1cc(N2CCc3ccccc3C2)nc(C)n1. The van der Waals surface area contributed by atoms with E-state index in [1.807, 2.05) is 6.92 Å². The molecule has 3 rings (SSSR count). The predicted molar refractivity (Wildman–Crippen MR) is 91.4 cm³/mol. The molecule has 0 radical (unpaired) electrons. The number of hydrogen-bond acceptors (Lipinski definition) is 4. The Morgan fingerprint density at radius 1 is 1.18 bits per heavy atom. The molecule has 1 aliphatic heterocycles. The van der Waals surface area contributed by atoms with Gasteiger partial charge in [-0.05, 0) is 30.9 Å². The van der Waals surface area contributed by atoms with Crippen molar-refractivity contribution in [2.45, 2.75) is 39.7 Å². The lowest BCUT2D eigenvalue weighted by Crippen LogP contribution is -2.31. The number of nitrogens with one attached hydrogen (secondary N) is 1. The lowest BCUT2D eigenvalue weighted by molar-refractivity contribution is 0.717. The monoisotopic (exact) mass is 296 g/mol. The smallest absolute Gasteiger partial charge is 0.134 e. The molecule has 0 atom stereocenters. The first kappa shape index (κ1) is 14.8. The molecule has 1 aromatic heterocycles. The van der Waals surface area contributed by atoms with Crippen molar-refractivity contribution in [2.24, 2.45) is 0 Å². The summed E-state index contributed by atoms with van der Waals surface area (Å²) in [7, 11) is 0. The molecule has 0 spiro atoms. The molecule has 1 N–H and O–H groups in total. The molecule has 4 nitrogen and oxygen atoms in total. The van der Waals surface area contributed by atoms with Gasteiger partial charge in [-0.25, -0.2) is 9.97 Å². The maximum atomic E-state index is 4.63. The van der Waals surface area contributed by atoms with Gasteiger partial charge in [0.2, 0.25) is 0 Å². The standard InChI is InChI=1S/C18H24N4/c1-3-4-10-19-17-12-18(21-14(2)20-17)22-11-9-15-7-5-6-8-16(15)13-22/h5-8,12H,3-4,9-11,13H2,1-2H3,(H,19,20,21). The first-order valence-electron chi connectivity index (χ1n) is 8.17. The minimum absolute atomic E-state index is 0.829. The number of aromatic nitrogens is 2. The van der Waals surface area contributed by atoms with Crippen molar-refractivity contribution in [1.29, 1.82) is 0 Å². The average Bonchev–Trinajstić information content (AvgIpc) is 2.54. The van der Waals surface area contributed by atoms with Crippen LogP contribution in [-0.4, -0.2) is 23.1 Å². The number of nitrogens with zero attached hydrogens (tertiary/aromatic N) is 3. The number of hydrogen-bond donors (Lipinski definition) is 1. The van der Waals surface area contributed by atoms with Crippen LogP contribution in [0.2, 0.25) is 0 Å². The van der Waals surface area contributed by atoms with Crippen molar-refractivity contribution in [3.63, 3.8) is 0 Å². The Morgan fingerprint density at radius 2 is 2.00 bits per heavy atom. The van der Waals surface area contributed by atoms with E-state index in [2.05, 4.69) is 57.4 Å². The van der Waals surface area contributed by atoms with Gasteiger partial charge in [-0.1, -0.05) is 37.6 Å². The van der Waals surface area contributed by atoms with E-state index in [-0.39, 0.29) is 0 Å². The number of benzene rings is 1. The average molecular weight is 296 g/mol. The largest absolute Gasteiger partial charge is 0.370 e. The molecule has 4 heteroatoms. The molecule has 0 bridgehead atoms. The second-order valence-corrected chi connectivity index (χ2v) is 5.88. The molecule has 0 amide bonds. The summed E-state index contributed by atoms with van der Waals surface area (Å²) in [6, 6.07) is 10.8. The second-order valence-electron chi connectivity index (χ2n) is 5.88. The summed E-state index contributed by atoms with van der Waals surface area (Å²) < 4.78 is 0. The topological polar surface area (TPSA) is 41.0 Å². The van der Waals surface area contributed by atoms with Gasteiger partial charge in [-0.2, -0.15) is 0 Å². The molecule has 0 saturated carbocycles. The Labute approximate surface area is 132 Å². The fourth-order valence-corrected chi connectivity index (χ4v) is 2.89. The van der Waals surface area contributed by atoms with Crippen LogP contribution in [-0.2, 0) is 13.0 Å². The van der Waals surface area contributed by atoms with Crippen molar-refractivity contribution in [1.82, 2.24) is 9.97 Å². The van der Waals surface area contributed by atoms with E-state index in [4.69, 9.17) is 0 Å². The molecule has 0 unspecified atom stereocenters. The molecule has 1 aromatic carbocycles. The molecular weight excluding hydrogens is 272 g/mol. The van der Waals surface area contributed by atoms with Crippen LogP contribution in [0.15, 0.2) is 30.3 Å². The number of aryl methyl sites for hydroxylation is 1. The Morgan fingerprint density at radius 3 is 2.82 bits per heavy atom. The van der Waals surface area contributed by atoms with Gasteiger partial charge in [0.05, 0.1) is 0 Å². The number of fused-ring (bicyclic) bond motifs is 1. The maximum absolute atomic E-state index is 4.63. The Bertz CT molecular complexity index is 639. The molecule has 1 aliphatic rings. The van der Waals surface area contributed by atoms with E-state index < -0.39 is 0 Å². The minimum Gasteiger partial charge on any atom is -0.370 e. The lowest BCUT2D eigenvalue weighted by atomic mass is 10.00. The first-order valence-corrected chi connectivity index (χ1v) is 8.17. The van der Waals surface area contributed by atoms with Crippen LogP contribution in [0.5, 0.6) is 0 Å². The minimum atomic E-state index is 0.829. The van der Waals surface area contributed by atoms with E-state index >= 15 is 0 Å². The first-order chi connectivity index (χ1) is 10.8. The van der Waals surface area contributed by atoms with Gasteiger partial charge in [-0.15, -0.1) is 0 Å². The fraction of sp³-hybridized carbons (Fsp3) is 0.444. The zero-order valence-electron chi connectivity index (χ0n) is 13.5. The molecule has 2 heterocycles. The molecule has 116 valence electrons. The van der Waals surface area contributed by atoms with Gasteiger partial charge < -0.3 is 10.2 Å². The Balaban J connectivity index is 1.77. The van der Waals surface area contributed by atoms with Gasteiger partial charge in [0, 0.05) is 25.7 Å². The van der Waals surface area contributed by atoms with E-state index in [1.54, 1.807) is 0 Å². The highest BCUT2D eigenvalue weighted by Gasteiger charge is 2.17. The zero-order valence-corrected chi connectivity index (χ0v) is 13.5. The predicted octanol–water partition coefficient (Wildman–Crippen LogP) is 3.56. The molecule has 0 fully saturated rings. The number of anilines is 2. The second kappa shape index (κ2) is 6.77. The zero-order chi connectivity index (χ0) is 15.4. The fourth-order valence-electron chi connectivity index (χ4n) is 2.89. The van der Waals surface area contributed by atoms with Crippen molar-refractivity contribution < 1.29 is 0 Å². The van der Waals surface area contributed by atoms with Crippen LogP contribution in [0.4, 0.5) is 11.6 Å². The Kier molecular flexibility index (Phi) is 4.56. The molecule has 2 aromatic rings. The van der Waals surface area contributed by atoms with Crippen molar-refractivity contribution >= 4 is 11.6 Å². The highest BCUT2D eigenvalue weighted by atomic mass is 15.2. The summed E-state index contributed by atoms with van der Waals surface area (Å²) in [5, 5.41) is 3.41. The maximum Gasteiger partial charge on any atom is 0.134 e. The van der Waals surface area contributed by atoms with Gasteiger partial charge in [0.25, 0.3) is 0 Å². The quantitative estimate of drug-likeness (QED) is 0.857. The normalized spacial score (nSPS) is 13.8. The lowest BCUT2D eigenvalue weighted by Gasteiger charge is -2.30. The van der Waals surface area contributed by atoms with Crippen LogP contribution in [0, 0.1) is 6.92 Å². The third-order valence-corrected chi connectivity index (χ3v) is 4.12. The summed E-state index contributed by atoms with van der Waals surface area (Å²) in [5.74, 6) is 2.80. The van der Waals surface area contributed by atoms with E-state index in [9.17, 15) is 0 Å². The molecule has 0 saturated heterocycles. The number of unbranched alkanes of at least 4 members (excludes halogenated alkanes) is 1. The Hall–Kier alpha value is -2.10.